The summed E-state index contributed by atoms with van der Waals surface area (Å²) in [5, 5.41) is 10.8. The Morgan fingerprint density at radius 3 is 2.31 bits per heavy atom. The lowest BCUT2D eigenvalue weighted by Gasteiger charge is -2.06. The Morgan fingerprint density at radius 1 is 0.962 bits per heavy atom. The third-order valence-corrected chi connectivity index (χ3v) is 6.18. The topological polar surface area (TPSA) is 75.7 Å². The molecule has 0 aliphatic carbocycles. The van der Waals surface area contributed by atoms with Crippen LogP contribution in [0.25, 0.3) is 31.9 Å². The zero-order chi connectivity index (χ0) is 18.5. The van der Waals surface area contributed by atoms with Gasteiger partial charge in [-0.3, -0.25) is 0 Å². The lowest BCUT2D eigenvalue weighted by molar-refractivity contribution is 0.509. The second kappa shape index (κ2) is 5.96. The van der Waals surface area contributed by atoms with Gasteiger partial charge in [-0.25, -0.2) is 17.2 Å². The number of sulfone groups is 1. The molecule has 0 saturated carbocycles. The zero-order valence-electron chi connectivity index (χ0n) is 13.3. The number of nitrogens with one attached hydrogen (secondary N) is 1. The van der Waals surface area contributed by atoms with E-state index in [1.807, 2.05) is 0 Å². The van der Waals surface area contributed by atoms with E-state index in [9.17, 15) is 17.2 Å². The van der Waals surface area contributed by atoms with Gasteiger partial charge in [-0.05, 0) is 35.4 Å². The number of halogens is 2. The molecular weight excluding hydrogens is 380 g/mol. The van der Waals surface area contributed by atoms with Crippen molar-refractivity contribution in [1.82, 2.24) is 15.4 Å². The van der Waals surface area contributed by atoms with Gasteiger partial charge in [0.05, 0.1) is 4.90 Å². The first-order chi connectivity index (χ1) is 12.3. The highest BCUT2D eigenvalue weighted by molar-refractivity contribution is 7.90. The van der Waals surface area contributed by atoms with E-state index in [1.165, 1.54) is 29.5 Å². The Hall–Kier alpha value is -2.65. The summed E-state index contributed by atoms with van der Waals surface area (Å²) < 4.78 is 50.3. The molecule has 5 nitrogen and oxygen atoms in total. The minimum absolute atomic E-state index is 0.197. The maximum absolute atomic E-state index is 13.7. The fourth-order valence-corrected chi connectivity index (χ4v) is 4.40. The van der Waals surface area contributed by atoms with Crippen LogP contribution in [0.3, 0.4) is 0 Å². The van der Waals surface area contributed by atoms with Crippen molar-refractivity contribution >= 4 is 31.5 Å². The second-order valence-corrected chi connectivity index (χ2v) is 8.72. The van der Waals surface area contributed by atoms with Crippen LogP contribution >= 0.6 is 11.3 Å². The number of aromatic amines is 1. The van der Waals surface area contributed by atoms with E-state index >= 15 is 0 Å². The number of H-pyrrole nitrogens is 1. The number of thiophene rings is 1. The SMILES string of the molecule is CS(=O)(=O)c1ccc(-c2c(-c3ccc(F)c(F)c3)sc3n[nH]nc23)cc1. The van der Waals surface area contributed by atoms with Crippen molar-refractivity contribution in [2.75, 3.05) is 6.26 Å². The summed E-state index contributed by atoms with van der Waals surface area (Å²) in [6.45, 7) is 0. The van der Waals surface area contributed by atoms with Crippen molar-refractivity contribution in [2.45, 2.75) is 4.90 Å². The summed E-state index contributed by atoms with van der Waals surface area (Å²) in [6.07, 6.45) is 1.13. The fraction of sp³-hybridized carbons (Fsp3) is 0.0588. The molecule has 26 heavy (non-hydrogen) atoms. The Morgan fingerprint density at radius 2 is 1.65 bits per heavy atom. The molecule has 0 aliphatic heterocycles. The summed E-state index contributed by atoms with van der Waals surface area (Å²) in [6, 6.07) is 10.0. The van der Waals surface area contributed by atoms with Crippen LogP contribution in [0.2, 0.25) is 0 Å². The molecule has 2 heterocycles. The molecule has 0 radical (unpaired) electrons. The number of benzene rings is 2. The first-order valence-electron chi connectivity index (χ1n) is 7.44. The van der Waals surface area contributed by atoms with Crippen LogP contribution in [0.5, 0.6) is 0 Å². The number of hydrogen-bond acceptors (Lipinski definition) is 5. The van der Waals surface area contributed by atoms with E-state index < -0.39 is 21.5 Å². The summed E-state index contributed by atoms with van der Waals surface area (Å²) in [5.41, 5.74) is 2.47. The average molecular weight is 391 g/mol. The van der Waals surface area contributed by atoms with Crippen molar-refractivity contribution in [3.05, 3.63) is 54.1 Å². The van der Waals surface area contributed by atoms with Gasteiger partial charge in [-0.15, -0.1) is 16.4 Å². The molecule has 1 N–H and O–H groups in total. The Balaban J connectivity index is 1.94. The molecule has 4 rings (SSSR count). The number of hydrogen-bond donors (Lipinski definition) is 1. The van der Waals surface area contributed by atoms with Gasteiger partial charge in [0.25, 0.3) is 0 Å². The highest BCUT2D eigenvalue weighted by Gasteiger charge is 2.20. The van der Waals surface area contributed by atoms with Gasteiger partial charge < -0.3 is 0 Å². The van der Waals surface area contributed by atoms with Crippen molar-refractivity contribution in [2.24, 2.45) is 0 Å². The first-order valence-corrected chi connectivity index (χ1v) is 10.1. The van der Waals surface area contributed by atoms with Crippen LogP contribution in [0.4, 0.5) is 8.78 Å². The number of rotatable bonds is 3. The molecule has 0 saturated heterocycles. The summed E-state index contributed by atoms with van der Waals surface area (Å²) in [4.78, 5) is 1.49. The molecule has 2 aromatic carbocycles. The number of aromatic nitrogens is 3. The molecule has 0 spiro atoms. The maximum Gasteiger partial charge on any atom is 0.175 e. The van der Waals surface area contributed by atoms with Gasteiger partial charge in [-0.2, -0.15) is 10.3 Å². The van der Waals surface area contributed by atoms with Crippen LogP contribution in [0.15, 0.2) is 47.4 Å². The van der Waals surface area contributed by atoms with Gasteiger partial charge >= 0.3 is 0 Å². The van der Waals surface area contributed by atoms with E-state index in [4.69, 9.17) is 0 Å². The third-order valence-electron chi connectivity index (χ3n) is 3.93. The standard InChI is InChI=1S/C17H11F2N3O2S2/c1-26(23,24)11-5-2-9(3-6-11)14-15-17(21-22-20-15)25-16(14)10-4-7-12(18)13(19)8-10/h2-8H,1H3,(H,20,21,22). The quantitative estimate of drug-likeness (QED) is 0.572. The second-order valence-electron chi connectivity index (χ2n) is 5.71. The van der Waals surface area contributed by atoms with Crippen molar-refractivity contribution in [3.8, 4) is 21.6 Å². The molecular formula is C17H11F2N3O2S2. The first kappa shape index (κ1) is 16.8. The normalized spacial score (nSPS) is 12.0. The molecule has 0 fully saturated rings. The molecule has 0 unspecified atom stereocenters. The van der Waals surface area contributed by atoms with E-state index in [-0.39, 0.29) is 4.90 Å². The molecule has 9 heteroatoms. The van der Waals surface area contributed by atoms with E-state index in [0.29, 0.717) is 31.9 Å². The monoisotopic (exact) mass is 391 g/mol. The number of fused-ring (bicyclic) bond motifs is 1. The summed E-state index contributed by atoms with van der Waals surface area (Å²) >= 11 is 1.29. The molecule has 0 atom stereocenters. The molecule has 4 aromatic rings. The van der Waals surface area contributed by atoms with Gasteiger partial charge in [0.15, 0.2) is 26.3 Å². The van der Waals surface area contributed by atoms with Crippen LogP contribution < -0.4 is 0 Å². The highest BCUT2D eigenvalue weighted by atomic mass is 32.2. The zero-order valence-corrected chi connectivity index (χ0v) is 15.0. The average Bonchev–Trinajstić information content (AvgIpc) is 3.17. The smallest absolute Gasteiger partial charge is 0.175 e. The Labute approximate surface area is 151 Å². The van der Waals surface area contributed by atoms with Crippen LogP contribution in [-0.2, 0) is 9.84 Å². The lowest BCUT2D eigenvalue weighted by atomic mass is 10.0. The number of nitrogens with zero attached hydrogens (tertiary/aromatic N) is 2. The molecule has 0 amide bonds. The fourth-order valence-electron chi connectivity index (χ4n) is 2.69. The third kappa shape index (κ3) is 2.78. The van der Waals surface area contributed by atoms with E-state index in [0.717, 1.165) is 18.4 Å². The van der Waals surface area contributed by atoms with Gasteiger partial charge in [0.2, 0.25) is 0 Å². The Kier molecular flexibility index (Phi) is 3.85. The minimum atomic E-state index is -3.32. The highest BCUT2D eigenvalue weighted by Crippen LogP contribution is 2.43. The van der Waals surface area contributed by atoms with Gasteiger partial charge in [0.1, 0.15) is 5.52 Å². The molecule has 0 bridgehead atoms. The van der Waals surface area contributed by atoms with Crippen LogP contribution in [0, 0.1) is 11.6 Å². The lowest BCUT2D eigenvalue weighted by Crippen LogP contribution is -1.96. The van der Waals surface area contributed by atoms with Crippen LogP contribution in [-0.4, -0.2) is 30.1 Å². The largest absolute Gasteiger partial charge is 0.224 e. The maximum atomic E-state index is 13.7. The predicted octanol–water partition coefficient (Wildman–Crippen LogP) is 4.04. The van der Waals surface area contributed by atoms with E-state index in [2.05, 4.69) is 15.4 Å². The van der Waals surface area contributed by atoms with Crippen molar-refractivity contribution in [1.29, 1.82) is 0 Å². The molecule has 2 aromatic heterocycles. The summed E-state index contributed by atoms with van der Waals surface area (Å²) in [7, 11) is -3.32. The van der Waals surface area contributed by atoms with Gasteiger partial charge in [-0.1, -0.05) is 18.2 Å². The minimum Gasteiger partial charge on any atom is -0.224 e. The predicted molar refractivity (Wildman–Crippen MR) is 95.7 cm³/mol. The molecule has 132 valence electrons. The molecule has 0 aliphatic rings. The summed E-state index contributed by atoms with van der Waals surface area (Å²) in [5.74, 6) is -1.87. The van der Waals surface area contributed by atoms with Crippen molar-refractivity contribution < 1.29 is 17.2 Å². The van der Waals surface area contributed by atoms with Gasteiger partial charge in [0, 0.05) is 16.7 Å². The van der Waals surface area contributed by atoms with Crippen LogP contribution in [0.1, 0.15) is 0 Å². The Bertz CT molecular complexity index is 1230. The van der Waals surface area contributed by atoms with Crippen molar-refractivity contribution in [3.63, 3.8) is 0 Å². The van der Waals surface area contributed by atoms with E-state index in [1.54, 1.807) is 12.1 Å².